The van der Waals surface area contributed by atoms with Gasteiger partial charge >= 0.3 is 0 Å². The molecule has 0 spiro atoms. The number of nitrogens with one attached hydrogen (secondary N) is 4. The zero-order chi connectivity index (χ0) is 38.1. The Hall–Kier alpha value is -4.04. The Bertz CT molecular complexity index is 1990. The van der Waals surface area contributed by atoms with Gasteiger partial charge in [0.25, 0.3) is 11.8 Å². The number of halogens is 2. The van der Waals surface area contributed by atoms with E-state index < -0.39 is 33.9 Å². The van der Waals surface area contributed by atoms with Crippen molar-refractivity contribution in [2.75, 3.05) is 23.7 Å². The Balaban J connectivity index is 1.44. The zero-order valence-electron chi connectivity index (χ0n) is 29.9. The molecule has 5 rings (SSSR count). The van der Waals surface area contributed by atoms with E-state index in [1.807, 2.05) is 73.7 Å². The first-order chi connectivity index (χ1) is 25.2. The normalized spacial score (nSPS) is 14.4. The molecule has 0 aliphatic heterocycles. The Morgan fingerprint density at radius 1 is 0.792 bits per heavy atom. The van der Waals surface area contributed by atoms with Crippen molar-refractivity contribution < 1.29 is 22.8 Å². The third kappa shape index (κ3) is 12.2. The highest BCUT2D eigenvalue weighted by atomic mass is 79.9. The first-order valence-corrected chi connectivity index (χ1v) is 21.0. The molecule has 1 aliphatic rings. The highest BCUT2D eigenvalue weighted by Gasteiger charge is 2.26. The van der Waals surface area contributed by atoms with E-state index in [9.17, 15) is 22.8 Å². The zero-order valence-corrected chi connectivity index (χ0v) is 33.9. The van der Waals surface area contributed by atoms with Crippen molar-refractivity contribution in [3.05, 3.63) is 134 Å². The number of anilines is 1. The number of hydrogen-bond acceptors (Lipinski definition) is 6. The van der Waals surface area contributed by atoms with Gasteiger partial charge in [0, 0.05) is 39.2 Å². The van der Waals surface area contributed by atoms with Gasteiger partial charge in [-0.2, -0.15) is 0 Å². The van der Waals surface area contributed by atoms with Crippen LogP contribution in [0.15, 0.2) is 106 Å². The largest absolute Gasteiger partial charge is 0.354 e. The minimum absolute atomic E-state index is 0.0191. The summed E-state index contributed by atoms with van der Waals surface area (Å²) >= 11 is 6.86. The lowest BCUT2D eigenvalue weighted by Crippen LogP contribution is -2.49. The van der Waals surface area contributed by atoms with Gasteiger partial charge in [-0.3, -0.25) is 18.7 Å². The van der Waals surface area contributed by atoms with Gasteiger partial charge in [0.2, 0.25) is 15.9 Å². The molecular weight excluding hydrogens is 822 g/mol. The summed E-state index contributed by atoms with van der Waals surface area (Å²) in [5.41, 5.74) is 2.98. The highest BCUT2D eigenvalue weighted by Crippen LogP contribution is 2.28. The van der Waals surface area contributed by atoms with Crippen LogP contribution >= 0.6 is 31.9 Å². The topological polar surface area (TPSA) is 137 Å². The SMILES string of the molecule is C[C@H](NC[C@H](Cc1ccccc1)NC(=O)c1cc(C(=O)N[C@H](C)c2ccc(Br)cc2)cc(N(Cc2ccc(Br)cc2)S(C)(=O)=O)c1)C(=O)NCC1CC1. The van der Waals surface area contributed by atoms with Crippen LogP contribution in [0, 0.1) is 5.92 Å². The molecule has 1 aliphatic carbocycles. The maximum Gasteiger partial charge on any atom is 0.251 e. The summed E-state index contributed by atoms with van der Waals surface area (Å²) in [6.07, 6.45) is 3.83. The van der Waals surface area contributed by atoms with Crippen LogP contribution in [0.4, 0.5) is 5.69 Å². The molecule has 4 aromatic rings. The van der Waals surface area contributed by atoms with E-state index in [0.717, 1.165) is 39.2 Å². The molecule has 1 saturated carbocycles. The number of nitrogens with zero attached hydrogens (tertiary/aromatic N) is 1. The van der Waals surface area contributed by atoms with Gasteiger partial charge in [0.15, 0.2) is 0 Å². The molecule has 0 unspecified atom stereocenters. The van der Waals surface area contributed by atoms with E-state index in [4.69, 9.17) is 0 Å². The number of rotatable bonds is 17. The number of carbonyl (C=O) groups is 3. The lowest BCUT2D eigenvalue weighted by atomic mass is 10.0. The first-order valence-electron chi connectivity index (χ1n) is 17.5. The minimum atomic E-state index is -3.87. The van der Waals surface area contributed by atoms with Gasteiger partial charge in [0.05, 0.1) is 30.6 Å². The quantitative estimate of drug-likeness (QED) is 0.0956. The Morgan fingerprint density at radius 3 is 1.96 bits per heavy atom. The highest BCUT2D eigenvalue weighted by molar-refractivity contribution is 9.10. The van der Waals surface area contributed by atoms with Gasteiger partial charge in [-0.05, 0) is 98.2 Å². The molecule has 0 radical (unpaired) electrons. The molecule has 0 bridgehead atoms. The average molecular weight is 868 g/mol. The molecule has 0 aromatic heterocycles. The van der Waals surface area contributed by atoms with Crippen molar-refractivity contribution in [2.45, 2.75) is 57.8 Å². The van der Waals surface area contributed by atoms with Crippen LogP contribution in [0.5, 0.6) is 0 Å². The summed E-state index contributed by atoms with van der Waals surface area (Å²) in [5, 5.41) is 12.3. The van der Waals surface area contributed by atoms with Gasteiger partial charge in [-0.15, -0.1) is 0 Å². The number of hydrogen-bond donors (Lipinski definition) is 4. The van der Waals surface area contributed by atoms with Crippen LogP contribution in [-0.2, 0) is 27.8 Å². The maximum absolute atomic E-state index is 14.2. The minimum Gasteiger partial charge on any atom is -0.354 e. The van der Waals surface area contributed by atoms with E-state index in [0.29, 0.717) is 24.4 Å². The van der Waals surface area contributed by atoms with E-state index in [-0.39, 0.29) is 41.9 Å². The summed E-state index contributed by atoms with van der Waals surface area (Å²) in [5.74, 6) is -0.514. The van der Waals surface area contributed by atoms with E-state index >= 15 is 0 Å². The van der Waals surface area contributed by atoms with E-state index in [2.05, 4.69) is 53.1 Å². The van der Waals surface area contributed by atoms with Crippen LogP contribution in [0.3, 0.4) is 0 Å². The molecule has 280 valence electrons. The van der Waals surface area contributed by atoms with Crippen LogP contribution in [0.25, 0.3) is 0 Å². The molecule has 3 amide bonds. The summed E-state index contributed by atoms with van der Waals surface area (Å²) in [6.45, 7) is 4.57. The van der Waals surface area contributed by atoms with Crippen LogP contribution < -0.4 is 25.6 Å². The summed E-state index contributed by atoms with van der Waals surface area (Å²) in [4.78, 5) is 40.7. The molecule has 4 N–H and O–H groups in total. The van der Waals surface area contributed by atoms with Crippen molar-refractivity contribution in [1.82, 2.24) is 21.3 Å². The van der Waals surface area contributed by atoms with Crippen molar-refractivity contribution in [3.8, 4) is 0 Å². The number of sulfonamides is 1. The summed E-state index contributed by atoms with van der Waals surface area (Å²) in [7, 11) is -3.87. The molecule has 4 aromatic carbocycles. The Labute approximate surface area is 328 Å². The lowest BCUT2D eigenvalue weighted by molar-refractivity contribution is -0.122. The molecule has 0 heterocycles. The fraction of sp³-hybridized carbons (Fsp3) is 0.325. The second kappa shape index (κ2) is 18.3. The van der Waals surface area contributed by atoms with Crippen molar-refractivity contribution in [2.24, 2.45) is 5.92 Å². The Kier molecular flexibility index (Phi) is 13.9. The van der Waals surface area contributed by atoms with E-state index in [1.165, 1.54) is 22.5 Å². The van der Waals surface area contributed by atoms with Crippen molar-refractivity contribution in [1.29, 1.82) is 0 Å². The predicted molar refractivity (Wildman–Crippen MR) is 216 cm³/mol. The second-order valence-corrected chi connectivity index (χ2v) is 17.3. The summed E-state index contributed by atoms with van der Waals surface area (Å²) in [6, 6.07) is 27.6. The molecule has 0 saturated heterocycles. The first kappa shape index (κ1) is 40.2. The molecule has 10 nitrogen and oxygen atoms in total. The Morgan fingerprint density at radius 2 is 1.38 bits per heavy atom. The predicted octanol–water partition coefficient (Wildman–Crippen LogP) is 6.51. The second-order valence-electron chi connectivity index (χ2n) is 13.6. The average Bonchev–Trinajstić information content (AvgIpc) is 3.97. The molecule has 1 fully saturated rings. The monoisotopic (exact) mass is 865 g/mol. The molecular formula is C40H45Br2N5O5S. The van der Waals surface area contributed by atoms with Gasteiger partial charge in [-0.1, -0.05) is 86.5 Å². The fourth-order valence-electron chi connectivity index (χ4n) is 5.76. The van der Waals surface area contributed by atoms with Crippen LogP contribution in [0.2, 0.25) is 0 Å². The number of carbonyl (C=O) groups excluding carboxylic acids is 3. The van der Waals surface area contributed by atoms with Crippen molar-refractivity contribution in [3.63, 3.8) is 0 Å². The van der Waals surface area contributed by atoms with Crippen molar-refractivity contribution >= 4 is 65.3 Å². The third-order valence-electron chi connectivity index (χ3n) is 9.07. The van der Waals surface area contributed by atoms with Gasteiger partial charge < -0.3 is 21.3 Å². The van der Waals surface area contributed by atoms with Gasteiger partial charge in [-0.25, -0.2) is 8.42 Å². The molecule has 3 atom stereocenters. The van der Waals surface area contributed by atoms with Crippen LogP contribution in [-0.4, -0.2) is 57.6 Å². The number of benzene rings is 4. The van der Waals surface area contributed by atoms with Crippen LogP contribution in [0.1, 0.15) is 70.1 Å². The van der Waals surface area contributed by atoms with Gasteiger partial charge in [0.1, 0.15) is 0 Å². The number of amides is 3. The molecule has 13 heteroatoms. The lowest BCUT2D eigenvalue weighted by Gasteiger charge is -2.25. The smallest absolute Gasteiger partial charge is 0.251 e. The van der Waals surface area contributed by atoms with E-state index in [1.54, 1.807) is 19.1 Å². The molecule has 53 heavy (non-hydrogen) atoms. The fourth-order valence-corrected chi connectivity index (χ4v) is 7.16. The standard InChI is InChI=1S/C40H45Br2N5O5S/c1-26(31-13-17-35(42)18-14-31)45-39(49)32-20-33(22-37(21-32)47(53(3,51)52)25-30-11-15-34(41)16-12-30)40(50)46-36(19-28-7-5-4-6-8-28)24-43-27(2)38(48)44-23-29-9-10-29/h4-8,11-18,20-22,26-27,29,36,43H,9-10,19,23-25H2,1-3H3,(H,44,48)(H,45,49)(H,46,50)/t26-,27+,36+/m1/s1. The maximum atomic E-state index is 14.2. The summed E-state index contributed by atoms with van der Waals surface area (Å²) < 4.78 is 29.5. The third-order valence-corrected chi connectivity index (χ3v) is 11.3.